The van der Waals surface area contributed by atoms with E-state index < -0.39 is 0 Å². The fraction of sp³-hybridized carbons (Fsp3) is 0.0667. The normalized spacial score (nSPS) is 11.0. The van der Waals surface area contributed by atoms with Crippen LogP contribution < -0.4 is 0 Å². The summed E-state index contributed by atoms with van der Waals surface area (Å²) in [4.78, 5) is 0. The minimum absolute atomic E-state index is 0.0620. The third-order valence-corrected chi connectivity index (χ3v) is 3.03. The molecular formula is C15H12FNO. The first-order valence-electron chi connectivity index (χ1n) is 5.75. The van der Waals surface area contributed by atoms with Crippen molar-refractivity contribution in [2.75, 3.05) is 0 Å². The Labute approximate surface area is 104 Å². The molecule has 90 valence electrons. The largest absolute Gasteiger partial charge is 0.392 e. The Morgan fingerprint density at radius 3 is 2.72 bits per heavy atom. The van der Waals surface area contributed by atoms with E-state index >= 15 is 0 Å². The highest BCUT2D eigenvalue weighted by Crippen LogP contribution is 2.28. The second kappa shape index (κ2) is 4.27. The molecule has 0 fully saturated rings. The summed E-state index contributed by atoms with van der Waals surface area (Å²) in [6.45, 7) is -0.0620. The van der Waals surface area contributed by atoms with Gasteiger partial charge in [-0.15, -0.1) is 0 Å². The predicted molar refractivity (Wildman–Crippen MR) is 68.7 cm³/mol. The van der Waals surface area contributed by atoms with Gasteiger partial charge in [-0.2, -0.15) is 0 Å². The number of hydrogen-bond acceptors (Lipinski definition) is 1. The van der Waals surface area contributed by atoms with Gasteiger partial charge < -0.3 is 9.51 Å². The van der Waals surface area contributed by atoms with Gasteiger partial charge in [0.1, 0.15) is 5.82 Å². The second-order valence-electron chi connectivity index (χ2n) is 4.18. The summed E-state index contributed by atoms with van der Waals surface area (Å²) in [7, 11) is 0. The molecule has 0 saturated heterocycles. The van der Waals surface area contributed by atoms with Crippen molar-refractivity contribution in [2.24, 2.45) is 0 Å². The number of aromatic nitrogens is 1. The van der Waals surface area contributed by atoms with E-state index in [2.05, 4.69) is 0 Å². The molecule has 0 bridgehead atoms. The van der Waals surface area contributed by atoms with Crippen molar-refractivity contribution in [2.45, 2.75) is 6.61 Å². The minimum atomic E-state index is -0.276. The summed E-state index contributed by atoms with van der Waals surface area (Å²) in [6, 6.07) is 14.1. The van der Waals surface area contributed by atoms with E-state index in [4.69, 9.17) is 0 Å². The van der Waals surface area contributed by atoms with Crippen molar-refractivity contribution in [1.82, 2.24) is 4.40 Å². The fourth-order valence-electron chi connectivity index (χ4n) is 2.26. The van der Waals surface area contributed by atoms with Crippen LogP contribution in [0.25, 0.3) is 16.8 Å². The van der Waals surface area contributed by atoms with Gasteiger partial charge in [0.25, 0.3) is 0 Å². The third kappa shape index (κ3) is 1.69. The average molecular weight is 241 g/mol. The molecule has 2 heterocycles. The summed E-state index contributed by atoms with van der Waals surface area (Å²) < 4.78 is 15.3. The van der Waals surface area contributed by atoms with Gasteiger partial charge in [-0.1, -0.05) is 18.2 Å². The van der Waals surface area contributed by atoms with E-state index in [0.717, 1.165) is 22.3 Å². The molecule has 0 amide bonds. The van der Waals surface area contributed by atoms with E-state index in [0.29, 0.717) is 0 Å². The van der Waals surface area contributed by atoms with Crippen LogP contribution in [0.2, 0.25) is 0 Å². The second-order valence-corrected chi connectivity index (χ2v) is 4.18. The molecule has 2 aromatic heterocycles. The van der Waals surface area contributed by atoms with Crippen molar-refractivity contribution >= 4 is 5.52 Å². The molecule has 1 aromatic carbocycles. The Hall–Kier alpha value is -2.13. The smallest absolute Gasteiger partial charge is 0.123 e. The lowest BCUT2D eigenvalue weighted by atomic mass is 10.1. The van der Waals surface area contributed by atoms with Crippen molar-refractivity contribution in [3.63, 3.8) is 0 Å². The molecule has 1 N–H and O–H groups in total. The van der Waals surface area contributed by atoms with E-state index in [9.17, 15) is 9.50 Å². The molecule has 0 aliphatic carbocycles. The Balaban J connectivity index is 2.33. The van der Waals surface area contributed by atoms with Crippen molar-refractivity contribution in [3.8, 4) is 11.3 Å². The number of nitrogens with zero attached hydrogens (tertiary/aromatic N) is 1. The van der Waals surface area contributed by atoms with Gasteiger partial charge in [0.05, 0.1) is 12.3 Å². The molecule has 0 spiro atoms. The lowest BCUT2D eigenvalue weighted by Gasteiger charge is -2.05. The highest BCUT2D eigenvalue weighted by molar-refractivity contribution is 5.71. The molecule has 0 aliphatic rings. The van der Waals surface area contributed by atoms with Crippen LogP contribution in [0.1, 0.15) is 5.56 Å². The van der Waals surface area contributed by atoms with E-state index in [1.165, 1.54) is 12.1 Å². The Morgan fingerprint density at radius 2 is 1.94 bits per heavy atom. The maximum absolute atomic E-state index is 13.3. The molecular weight excluding hydrogens is 229 g/mol. The Kier molecular flexibility index (Phi) is 2.61. The van der Waals surface area contributed by atoms with Crippen LogP contribution in [0.3, 0.4) is 0 Å². The van der Waals surface area contributed by atoms with Crippen molar-refractivity contribution in [1.29, 1.82) is 0 Å². The molecule has 2 nitrogen and oxygen atoms in total. The van der Waals surface area contributed by atoms with E-state index in [-0.39, 0.29) is 12.4 Å². The SMILES string of the molecule is OCc1cc2ccccn2c1-c1cccc(F)c1. The number of benzene rings is 1. The van der Waals surface area contributed by atoms with Crippen molar-refractivity contribution < 1.29 is 9.50 Å². The van der Waals surface area contributed by atoms with Gasteiger partial charge >= 0.3 is 0 Å². The van der Waals surface area contributed by atoms with Gasteiger partial charge in [0.15, 0.2) is 0 Å². The highest BCUT2D eigenvalue weighted by atomic mass is 19.1. The standard InChI is InChI=1S/C15H12FNO/c16-13-5-3-4-11(8-13)15-12(10-18)9-14-6-1-2-7-17(14)15/h1-9,18H,10H2. The van der Waals surface area contributed by atoms with Crippen LogP contribution in [0.5, 0.6) is 0 Å². The first-order chi connectivity index (χ1) is 8.79. The maximum atomic E-state index is 13.3. The first-order valence-corrected chi connectivity index (χ1v) is 5.75. The van der Waals surface area contributed by atoms with Gasteiger partial charge in [0, 0.05) is 22.8 Å². The monoisotopic (exact) mass is 241 g/mol. The summed E-state index contributed by atoms with van der Waals surface area (Å²) >= 11 is 0. The zero-order chi connectivity index (χ0) is 12.5. The van der Waals surface area contributed by atoms with Crippen molar-refractivity contribution in [3.05, 3.63) is 66.1 Å². The third-order valence-electron chi connectivity index (χ3n) is 3.03. The van der Waals surface area contributed by atoms with E-state index in [1.807, 2.05) is 40.9 Å². The van der Waals surface area contributed by atoms with Gasteiger partial charge in [0.2, 0.25) is 0 Å². The number of pyridine rings is 1. The number of hydrogen-bond donors (Lipinski definition) is 1. The van der Waals surface area contributed by atoms with Crippen LogP contribution in [-0.4, -0.2) is 9.51 Å². The number of rotatable bonds is 2. The number of aliphatic hydroxyl groups is 1. The number of aliphatic hydroxyl groups excluding tert-OH is 1. The molecule has 18 heavy (non-hydrogen) atoms. The van der Waals surface area contributed by atoms with Crippen LogP contribution in [0.15, 0.2) is 54.7 Å². The molecule has 0 aliphatic heterocycles. The van der Waals surface area contributed by atoms with Crippen LogP contribution in [0.4, 0.5) is 4.39 Å². The topological polar surface area (TPSA) is 24.6 Å². The molecule has 3 rings (SSSR count). The molecule has 0 atom stereocenters. The van der Waals surface area contributed by atoms with Crippen LogP contribution in [0, 0.1) is 5.82 Å². The van der Waals surface area contributed by atoms with Crippen LogP contribution >= 0.6 is 0 Å². The van der Waals surface area contributed by atoms with Gasteiger partial charge in [-0.3, -0.25) is 0 Å². The lowest BCUT2D eigenvalue weighted by Crippen LogP contribution is -1.91. The lowest BCUT2D eigenvalue weighted by molar-refractivity contribution is 0.282. The molecule has 0 saturated carbocycles. The summed E-state index contributed by atoms with van der Waals surface area (Å²) in [5.74, 6) is -0.276. The zero-order valence-corrected chi connectivity index (χ0v) is 9.68. The van der Waals surface area contributed by atoms with E-state index in [1.54, 1.807) is 6.07 Å². The zero-order valence-electron chi connectivity index (χ0n) is 9.68. The summed E-state index contributed by atoms with van der Waals surface area (Å²) in [6.07, 6.45) is 1.91. The van der Waals surface area contributed by atoms with Crippen LogP contribution in [-0.2, 0) is 6.61 Å². The molecule has 0 unspecified atom stereocenters. The van der Waals surface area contributed by atoms with Gasteiger partial charge in [-0.05, 0) is 30.3 Å². The minimum Gasteiger partial charge on any atom is -0.392 e. The first kappa shape index (κ1) is 11.0. The average Bonchev–Trinajstić information content (AvgIpc) is 2.77. The summed E-state index contributed by atoms with van der Waals surface area (Å²) in [5, 5.41) is 9.44. The maximum Gasteiger partial charge on any atom is 0.123 e. The molecule has 0 radical (unpaired) electrons. The Bertz CT molecular complexity index is 703. The predicted octanol–water partition coefficient (Wildman–Crippen LogP) is 3.24. The fourth-order valence-corrected chi connectivity index (χ4v) is 2.26. The number of halogens is 1. The quantitative estimate of drug-likeness (QED) is 0.732. The molecule has 3 aromatic rings. The molecule has 3 heteroatoms. The highest BCUT2D eigenvalue weighted by Gasteiger charge is 2.11. The summed E-state index contributed by atoms with van der Waals surface area (Å²) in [5.41, 5.74) is 3.39. The Morgan fingerprint density at radius 1 is 1.06 bits per heavy atom. The number of fused-ring (bicyclic) bond motifs is 1. The van der Waals surface area contributed by atoms with Gasteiger partial charge in [-0.25, -0.2) is 4.39 Å².